The Hall–Kier alpha value is -3.36. The Bertz CT molecular complexity index is 1180. The van der Waals surface area contributed by atoms with Gasteiger partial charge in [0.05, 0.1) is 23.4 Å². The van der Waals surface area contributed by atoms with Gasteiger partial charge < -0.3 is 4.74 Å². The van der Waals surface area contributed by atoms with Crippen LogP contribution in [0.5, 0.6) is 5.75 Å². The molecule has 0 aliphatic rings. The number of nitrogens with zero attached hydrogens (tertiary/aromatic N) is 2. The molecule has 0 aliphatic carbocycles. The zero-order chi connectivity index (χ0) is 23.0. The minimum absolute atomic E-state index is 0.0733. The van der Waals surface area contributed by atoms with Gasteiger partial charge in [0, 0.05) is 5.02 Å². The van der Waals surface area contributed by atoms with Gasteiger partial charge in [0.15, 0.2) is 0 Å². The van der Waals surface area contributed by atoms with Crippen molar-refractivity contribution in [3.63, 3.8) is 0 Å². The standard InChI is InChI=1S/C23H22ClN3O4S/c1-2-31-21-13-11-20(12-14-21)27(32(29,30)22-9-4-3-5-10-22)17-23(28)26-25-16-18-7-6-8-19(24)15-18/h3-16H,2,17H2,1H3,(H,26,28)/b25-16-. The maximum Gasteiger partial charge on any atom is 0.264 e. The summed E-state index contributed by atoms with van der Waals surface area (Å²) in [5.74, 6) is 0.000511. The largest absolute Gasteiger partial charge is 0.494 e. The van der Waals surface area contributed by atoms with Crippen LogP contribution in [0.1, 0.15) is 12.5 Å². The van der Waals surface area contributed by atoms with Crippen LogP contribution in [0.4, 0.5) is 5.69 Å². The fourth-order valence-electron chi connectivity index (χ4n) is 2.84. The number of ether oxygens (including phenoxy) is 1. The molecule has 32 heavy (non-hydrogen) atoms. The summed E-state index contributed by atoms with van der Waals surface area (Å²) in [5, 5.41) is 4.44. The van der Waals surface area contributed by atoms with Gasteiger partial charge in [-0.15, -0.1) is 0 Å². The number of rotatable bonds is 9. The van der Waals surface area contributed by atoms with Crippen LogP contribution in [0.2, 0.25) is 5.02 Å². The molecule has 1 N–H and O–H groups in total. The van der Waals surface area contributed by atoms with E-state index in [9.17, 15) is 13.2 Å². The van der Waals surface area contributed by atoms with Crippen molar-refractivity contribution >= 4 is 39.4 Å². The van der Waals surface area contributed by atoms with Gasteiger partial charge in [-0.25, -0.2) is 13.8 Å². The zero-order valence-corrected chi connectivity index (χ0v) is 18.9. The van der Waals surface area contributed by atoms with Gasteiger partial charge in [0.1, 0.15) is 12.3 Å². The van der Waals surface area contributed by atoms with Crippen LogP contribution in [0.15, 0.2) is 88.9 Å². The second-order valence-corrected chi connectivity index (χ2v) is 8.90. The van der Waals surface area contributed by atoms with Crippen LogP contribution in [-0.4, -0.2) is 33.7 Å². The number of sulfonamides is 1. The van der Waals surface area contributed by atoms with Gasteiger partial charge in [0.25, 0.3) is 15.9 Å². The van der Waals surface area contributed by atoms with Crippen LogP contribution in [0, 0.1) is 0 Å². The van der Waals surface area contributed by atoms with Gasteiger partial charge in [-0.05, 0) is 61.0 Å². The number of benzene rings is 3. The maximum atomic E-state index is 13.3. The van der Waals surface area contributed by atoms with Crippen LogP contribution in [0.3, 0.4) is 0 Å². The molecule has 0 aromatic heterocycles. The monoisotopic (exact) mass is 471 g/mol. The van der Waals surface area contributed by atoms with Gasteiger partial charge >= 0.3 is 0 Å². The van der Waals surface area contributed by atoms with E-state index in [1.54, 1.807) is 66.7 Å². The molecule has 166 valence electrons. The highest BCUT2D eigenvalue weighted by molar-refractivity contribution is 7.92. The quantitative estimate of drug-likeness (QED) is 0.376. The van der Waals surface area contributed by atoms with E-state index in [0.717, 1.165) is 4.31 Å². The van der Waals surface area contributed by atoms with E-state index in [-0.39, 0.29) is 4.90 Å². The molecule has 0 saturated heterocycles. The van der Waals surface area contributed by atoms with E-state index >= 15 is 0 Å². The smallest absolute Gasteiger partial charge is 0.264 e. The number of amides is 1. The zero-order valence-electron chi connectivity index (χ0n) is 17.3. The van der Waals surface area contributed by atoms with Gasteiger partial charge in [0.2, 0.25) is 0 Å². The molecule has 0 unspecified atom stereocenters. The van der Waals surface area contributed by atoms with Crippen LogP contribution < -0.4 is 14.5 Å². The number of carbonyl (C=O) groups is 1. The number of hydrogen-bond donors (Lipinski definition) is 1. The number of hydrogen-bond acceptors (Lipinski definition) is 5. The predicted octanol–water partition coefficient (Wildman–Crippen LogP) is 4.08. The van der Waals surface area contributed by atoms with E-state index < -0.39 is 22.5 Å². The van der Waals surface area contributed by atoms with Gasteiger partial charge in [-0.1, -0.05) is 41.9 Å². The average Bonchev–Trinajstić information content (AvgIpc) is 2.79. The molecule has 7 nitrogen and oxygen atoms in total. The maximum absolute atomic E-state index is 13.3. The lowest BCUT2D eigenvalue weighted by Crippen LogP contribution is -2.39. The van der Waals surface area contributed by atoms with Crippen molar-refractivity contribution in [2.45, 2.75) is 11.8 Å². The lowest BCUT2D eigenvalue weighted by Gasteiger charge is -2.24. The van der Waals surface area contributed by atoms with E-state index in [0.29, 0.717) is 28.6 Å². The molecule has 0 bridgehead atoms. The highest BCUT2D eigenvalue weighted by atomic mass is 35.5. The molecule has 3 aromatic rings. The highest BCUT2D eigenvalue weighted by Crippen LogP contribution is 2.25. The average molecular weight is 472 g/mol. The van der Waals surface area contributed by atoms with Crippen molar-refractivity contribution in [3.05, 3.63) is 89.4 Å². The molecule has 0 heterocycles. The number of carbonyl (C=O) groups excluding carboxylic acids is 1. The second-order valence-electron chi connectivity index (χ2n) is 6.60. The molecule has 0 radical (unpaired) electrons. The van der Waals surface area contributed by atoms with E-state index in [2.05, 4.69) is 10.5 Å². The van der Waals surface area contributed by atoms with Crippen molar-refractivity contribution in [1.82, 2.24) is 5.43 Å². The fraction of sp³-hybridized carbons (Fsp3) is 0.130. The van der Waals surface area contributed by atoms with E-state index in [1.165, 1.54) is 18.3 Å². The Labute approximate surface area is 192 Å². The van der Waals surface area contributed by atoms with Crippen molar-refractivity contribution in [3.8, 4) is 5.75 Å². The highest BCUT2D eigenvalue weighted by Gasteiger charge is 2.27. The first-order valence-electron chi connectivity index (χ1n) is 9.78. The summed E-state index contributed by atoms with van der Waals surface area (Å²) in [6.45, 7) is 1.88. The molecule has 3 rings (SSSR count). The number of nitrogens with one attached hydrogen (secondary N) is 1. The summed E-state index contributed by atoms with van der Waals surface area (Å²) in [7, 11) is -3.99. The van der Waals surface area contributed by atoms with Crippen molar-refractivity contribution in [2.75, 3.05) is 17.5 Å². The third-order valence-electron chi connectivity index (χ3n) is 4.31. The first-order valence-corrected chi connectivity index (χ1v) is 11.6. The molecular formula is C23H22ClN3O4S. The Morgan fingerprint density at radius 3 is 2.44 bits per heavy atom. The number of anilines is 1. The normalized spacial score (nSPS) is 11.3. The van der Waals surface area contributed by atoms with Crippen LogP contribution in [0.25, 0.3) is 0 Å². The Balaban J connectivity index is 1.83. The molecule has 9 heteroatoms. The van der Waals surface area contributed by atoms with Crippen molar-refractivity contribution in [2.24, 2.45) is 5.10 Å². The lowest BCUT2D eigenvalue weighted by atomic mass is 10.2. The molecule has 3 aromatic carbocycles. The predicted molar refractivity (Wildman–Crippen MR) is 126 cm³/mol. The molecule has 0 aliphatic heterocycles. The molecule has 0 fully saturated rings. The summed E-state index contributed by atoms with van der Waals surface area (Å²) in [6, 6.07) is 21.3. The van der Waals surface area contributed by atoms with Crippen molar-refractivity contribution in [1.29, 1.82) is 0 Å². The molecule has 0 spiro atoms. The van der Waals surface area contributed by atoms with Gasteiger partial charge in [-0.2, -0.15) is 5.10 Å². The van der Waals surface area contributed by atoms with Crippen LogP contribution in [-0.2, 0) is 14.8 Å². The Morgan fingerprint density at radius 1 is 1.06 bits per heavy atom. The summed E-state index contributed by atoms with van der Waals surface area (Å²) < 4.78 is 33.0. The summed E-state index contributed by atoms with van der Waals surface area (Å²) in [6.07, 6.45) is 1.43. The topological polar surface area (TPSA) is 88.1 Å². The first-order chi connectivity index (χ1) is 15.4. The third-order valence-corrected chi connectivity index (χ3v) is 6.33. The molecule has 1 amide bonds. The Kier molecular flexibility index (Phi) is 7.86. The molecule has 0 saturated carbocycles. The molecule has 0 atom stereocenters. The van der Waals surface area contributed by atoms with Gasteiger partial charge in [-0.3, -0.25) is 9.10 Å². The minimum atomic E-state index is -3.99. The van der Waals surface area contributed by atoms with E-state index in [1.807, 2.05) is 6.92 Å². The fourth-order valence-corrected chi connectivity index (χ4v) is 4.48. The number of halogens is 1. The second kappa shape index (κ2) is 10.8. The third kappa shape index (κ3) is 6.09. The Morgan fingerprint density at radius 2 is 1.78 bits per heavy atom. The summed E-state index contributed by atoms with van der Waals surface area (Å²) in [4.78, 5) is 12.6. The summed E-state index contributed by atoms with van der Waals surface area (Å²) >= 11 is 5.93. The SMILES string of the molecule is CCOc1ccc(N(CC(=O)N/N=C\c2cccc(Cl)c2)S(=O)(=O)c2ccccc2)cc1. The number of hydrazone groups is 1. The molecular weight excluding hydrogens is 450 g/mol. The van der Waals surface area contributed by atoms with Crippen molar-refractivity contribution < 1.29 is 17.9 Å². The van der Waals surface area contributed by atoms with Crippen LogP contribution >= 0.6 is 11.6 Å². The first kappa shape index (κ1) is 23.3. The van der Waals surface area contributed by atoms with E-state index in [4.69, 9.17) is 16.3 Å². The summed E-state index contributed by atoms with van der Waals surface area (Å²) in [5.41, 5.74) is 3.38. The minimum Gasteiger partial charge on any atom is -0.494 e. The lowest BCUT2D eigenvalue weighted by molar-refractivity contribution is -0.119.